The van der Waals surface area contributed by atoms with Gasteiger partial charge in [0.1, 0.15) is 0 Å². The summed E-state index contributed by atoms with van der Waals surface area (Å²) < 4.78 is 10.2. The maximum atomic E-state index is 5.78. The van der Waals surface area contributed by atoms with E-state index in [-0.39, 0.29) is 0 Å². The summed E-state index contributed by atoms with van der Waals surface area (Å²) >= 11 is 0. The molecular formula is C16H25N2O+. The summed E-state index contributed by atoms with van der Waals surface area (Å²) in [6, 6.07) is 8.49. The highest BCUT2D eigenvalue weighted by Gasteiger charge is 2.13. The normalized spacial score (nSPS) is 11.3. The average Bonchev–Trinajstić information content (AvgIpc) is 2.81. The first-order valence-electron chi connectivity index (χ1n) is 7.41. The number of aromatic nitrogens is 2. The van der Waals surface area contributed by atoms with Crippen molar-refractivity contribution < 1.29 is 9.30 Å². The van der Waals surface area contributed by atoms with Crippen LogP contribution in [0.3, 0.4) is 0 Å². The standard InChI is InChI=1S/C16H25N2O/c1-3-5-6-9-12-19-14-18-13-17(4-2)15-10-7-8-11-16(15)18/h7-8,10-11,13H,3-6,9,12,14H2,1-2H3/q+1. The van der Waals surface area contributed by atoms with Gasteiger partial charge in [-0.25, -0.2) is 9.13 Å². The van der Waals surface area contributed by atoms with E-state index < -0.39 is 0 Å². The fraction of sp³-hybridized carbons (Fsp3) is 0.562. The Morgan fingerprint density at radius 2 is 1.95 bits per heavy atom. The number of unbranched alkanes of at least 4 members (excludes halogenated alkanes) is 3. The number of hydrogen-bond donors (Lipinski definition) is 0. The predicted molar refractivity (Wildman–Crippen MR) is 77.9 cm³/mol. The second-order valence-corrected chi connectivity index (χ2v) is 4.96. The first-order chi connectivity index (χ1) is 9.36. The summed E-state index contributed by atoms with van der Waals surface area (Å²) in [5.74, 6) is 0. The molecule has 0 bridgehead atoms. The molecule has 1 aromatic heterocycles. The lowest BCUT2D eigenvalue weighted by molar-refractivity contribution is -0.710. The van der Waals surface area contributed by atoms with Gasteiger partial charge in [-0.05, 0) is 25.5 Å². The number of aryl methyl sites for hydroxylation is 1. The molecule has 0 aliphatic heterocycles. The molecule has 0 N–H and O–H groups in total. The minimum Gasteiger partial charge on any atom is -0.342 e. The maximum Gasteiger partial charge on any atom is 0.246 e. The van der Waals surface area contributed by atoms with Gasteiger partial charge in [-0.1, -0.05) is 38.3 Å². The lowest BCUT2D eigenvalue weighted by Crippen LogP contribution is -2.33. The molecule has 3 nitrogen and oxygen atoms in total. The topological polar surface area (TPSA) is 18.0 Å². The molecule has 104 valence electrons. The molecule has 0 saturated carbocycles. The Morgan fingerprint density at radius 1 is 1.11 bits per heavy atom. The number of benzene rings is 1. The zero-order valence-corrected chi connectivity index (χ0v) is 12.1. The highest BCUT2D eigenvalue weighted by molar-refractivity contribution is 5.71. The number of ether oxygens (including phenoxy) is 1. The Balaban J connectivity index is 1.93. The fourth-order valence-corrected chi connectivity index (χ4v) is 2.39. The van der Waals surface area contributed by atoms with E-state index in [9.17, 15) is 0 Å². The summed E-state index contributed by atoms with van der Waals surface area (Å²) in [7, 11) is 0. The van der Waals surface area contributed by atoms with Gasteiger partial charge in [-0.2, -0.15) is 0 Å². The van der Waals surface area contributed by atoms with E-state index in [4.69, 9.17) is 4.74 Å². The number of rotatable bonds is 8. The van der Waals surface area contributed by atoms with E-state index in [2.05, 4.69) is 53.6 Å². The van der Waals surface area contributed by atoms with Crippen molar-refractivity contribution >= 4 is 11.0 Å². The Kier molecular flexibility index (Phi) is 5.40. The van der Waals surface area contributed by atoms with E-state index in [1.165, 1.54) is 36.7 Å². The van der Waals surface area contributed by atoms with Crippen LogP contribution in [0.5, 0.6) is 0 Å². The van der Waals surface area contributed by atoms with Crippen molar-refractivity contribution in [2.45, 2.75) is 52.8 Å². The third kappa shape index (κ3) is 3.57. The molecule has 0 amide bonds. The van der Waals surface area contributed by atoms with E-state index in [1.54, 1.807) is 0 Å². The van der Waals surface area contributed by atoms with Crippen molar-refractivity contribution in [3.8, 4) is 0 Å². The molecule has 0 aliphatic carbocycles. The molecule has 0 saturated heterocycles. The van der Waals surface area contributed by atoms with Crippen molar-refractivity contribution in [2.24, 2.45) is 0 Å². The second-order valence-electron chi connectivity index (χ2n) is 4.96. The molecule has 0 fully saturated rings. The first kappa shape index (κ1) is 14.1. The van der Waals surface area contributed by atoms with Gasteiger partial charge in [-0.15, -0.1) is 0 Å². The van der Waals surface area contributed by atoms with Crippen LogP contribution in [0.1, 0.15) is 39.5 Å². The second kappa shape index (κ2) is 7.29. The summed E-state index contributed by atoms with van der Waals surface area (Å²) in [6.45, 7) is 6.90. The summed E-state index contributed by atoms with van der Waals surface area (Å²) in [5, 5.41) is 0. The number of nitrogens with zero attached hydrogens (tertiary/aromatic N) is 2. The van der Waals surface area contributed by atoms with Crippen molar-refractivity contribution in [1.82, 2.24) is 4.57 Å². The summed E-state index contributed by atoms with van der Waals surface area (Å²) in [5.41, 5.74) is 2.53. The Bertz CT molecular complexity index is 504. The molecule has 2 aromatic rings. The zero-order valence-electron chi connectivity index (χ0n) is 12.1. The largest absolute Gasteiger partial charge is 0.342 e. The molecule has 1 heterocycles. The molecule has 0 aliphatic rings. The zero-order chi connectivity index (χ0) is 13.5. The van der Waals surface area contributed by atoms with Crippen molar-refractivity contribution in [1.29, 1.82) is 0 Å². The highest BCUT2D eigenvalue weighted by Crippen LogP contribution is 2.10. The Hall–Kier alpha value is -1.35. The SMILES string of the molecule is CCCCCCOC[n+]1cn(CC)c2ccccc21. The van der Waals surface area contributed by atoms with E-state index in [1.807, 2.05) is 0 Å². The predicted octanol–water partition coefficient (Wildman–Crippen LogP) is 3.50. The van der Waals surface area contributed by atoms with Crippen LogP contribution in [-0.4, -0.2) is 11.2 Å². The van der Waals surface area contributed by atoms with Crippen LogP contribution in [0.2, 0.25) is 0 Å². The van der Waals surface area contributed by atoms with E-state index in [0.717, 1.165) is 13.2 Å². The lowest BCUT2D eigenvalue weighted by atomic mass is 10.2. The van der Waals surface area contributed by atoms with Gasteiger partial charge in [0.15, 0.2) is 17.8 Å². The minimum atomic E-state index is 0.652. The molecule has 3 heteroatoms. The van der Waals surface area contributed by atoms with Crippen molar-refractivity contribution in [3.63, 3.8) is 0 Å². The van der Waals surface area contributed by atoms with Crippen LogP contribution in [0.15, 0.2) is 30.6 Å². The smallest absolute Gasteiger partial charge is 0.246 e. The van der Waals surface area contributed by atoms with E-state index in [0.29, 0.717) is 6.73 Å². The maximum absolute atomic E-state index is 5.78. The Morgan fingerprint density at radius 3 is 2.74 bits per heavy atom. The third-order valence-electron chi connectivity index (χ3n) is 3.49. The van der Waals surface area contributed by atoms with Crippen LogP contribution < -0.4 is 4.57 Å². The number of hydrogen-bond acceptors (Lipinski definition) is 1. The van der Waals surface area contributed by atoms with Crippen LogP contribution in [0.4, 0.5) is 0 Å². The van der Waals surface area contributed by atoms with Gasteiger partial charge in [0.2, 0.25) is 6.33 Å². The van der Waals surface area contributed by atoms with Crippen LogP contribution in [0, 0.1) is 0 Å². The van der Waals surface area contributed by atoms with Crippen molar-refractivity contribution in [3.05, 3.63) is 30.6 Å². The van der Waals surface area contributed by atoms with Crippen LogP contribution in [-0.2, 0) is 18.0 Å². The van der Waals surface area contributed by atoms with Crippen LogP contribution >= 0.6 is 0 Å². The molecule has 0 spiro atoms. The van der Waals surface area contributed by atoms with Crippen molar-refractivity contribution in [2.75, 3.05) is 6.61 Å². The minimum absolute atomic E-state index is 0.652. The first-order valence-corrected chi connectivity index (χ1v) is 7.41. The van der Waals surface area contributed by atoms with E-state index >= 15 is 0 Å². The molecule has 0 atom stereocenters. The summed E-state index contributed by atoms with van der Waals surface area (Å²) in [6.07, 6.45) is 7.18. The third-order valence-corrected chi connectivity index (χ3v) is 3.49. The fourth-order valence-electron chi connectivity index (χ4n) is 2.39. The monoisotopic (exact) mass is 261 g/mol. The summed E-state index contributed by atoms with van der Waals surface area (Å²) in [4.78, 5) is 0. The molecule has 1 aromatic carbocycles. The van der Waals surface area contributed by atoms with Gasteiger partial charge in [0, 0.05) is 0 Å². The lowest BCUT2D eigenvalue weighted by Gasteiger charge is -2.01. The molecule has 0 radical (unpaired) electrons. The average molecular weight is 261 g/mol. The molecule has 19 heavy (non-hydrogen) atoms. The molecule has 0 unspecified atom stereocenters. The van der Waals surface area contributed by atoms with Gasteiger partial charge >= 0.3 is 0 Å². The molecule has 2 rings (SSSR count). The van der Waals surface area contributed by atoms with Gasteiger partial charge < -0.3 is 4.74 Å². The Labute approximate surface area is 115 Å². The van der Waals surface area contributed by atoms with Gasteiger partial charge in [-0.3, -0.25) is 0 Å². The quantitative estimate of drug-likeness (QED) is 0.525. The number of para-hydroxylation sites is 2. The number of fused-ring (bicyclic) bond motifs is 1. The number of imidazole rings is 1. The van der Waals surface area contributed by atoms with Crippen LogP contribution in [0.25, 0.3) is 11.0 Å². The molecular weight excluding hydrogens is 236 g/mol. The van der Waals surface area contributed by atoms with Gasteiger partial charge in [0.25, 0.3) is 0 Å². The highest BCUT2D eigenvalue weighted by atomic mass is 16.5. The van der Waals surface area contributed by atoms with Gasteiger partial charge in [0.05, 0.1) is 13.2 Å².